The summed E-state index contributed by atoms with van der Waals surface area (Å²) in [6.07, 6.45) is 4.84. The van der Waals surface area contributed by atoms with Crippen molar-refractivity contribution in [1.82, 2.24) is 19.7 Å². The van der Waals surface area contributed by atoms with Gasteiger partial charge in [0.2, 0.25) is 0 Å². The largest absolute Gasteiger partial charge is 0.463 e. The summed E-state index contributed by atoms with van der Waals surface area (Å²) >= 11 is 0. The van der Waals surface area contributed by atoms with Crippen LogP contribution < -0.4 is 5.73 Å². The van der Waals surface area contributed by atoms with E-state index in [1.54, 1.807) is 17.1 Å². The van der Waals surface area contributed by atoms with Crippen molar-refractivity contribution in [2.75, 3.05) is 7.11 Å². The number of nitrogens with two attached hydrogens (primary N) is 1. The van der Waals surface area contributed by atoms with Gasteiger partial charge in [-0.1, -0.05) is 0 Å². The van der Waals surface area contributed by atoms with Gasteiger partial charge in [0.15, 0.2) is 0 Å². The van der Waals surface area contributed by atoms with Gasteiger partial charge in [0.05, 0.1) is 13.2 Å². The first-order valence-corrected chi connectivity index (χ1v) is 5.78. The number of hydrogen-bond donors (Lipinski definition) is 1. The van der Waals surface area contributed by atoms with Crippen molar-refractivity contribution in [3.63, 3.8) is 0 Å². The summed E-state index contributed by atoms with van der Waals surface area (Å²) in [6, 6.07) is 3.30. The second kappa shape index (κ2) is 5.57. The minimum atomic E-state index is -0.572. The van der Waals surface area contributed by atoms with Gasteiger partial charge in [-0.2, -0.15) is 0 Å². The third-order valence-corrected chi connectivity index (χ3v) is 2.71. The molecule has 0 aliphatic rings. The molecule has 2 N–H and O–H groups in total. The number of rotatable bonds is 4. The fourth-order valence-electron chi connectivity index (χ4n) is 1.85. The van der Waals surface area contributed by atoms with E-state index >= 15 is 0 Å². The summed E-state index contributed by atoms with van der Waals surface area (Å²) in [5, 5.41) is 4.11. The summed E-state index contributed by atoms with van der Waals surface area (Å²) in [4.78, 5) is 19.2. The molecule has 0 aliphatic carbocycles. The van der Waals surface area contributed by atoms with Crippen LogP contribution >= 0.6 is 0 Å². The fourth-order valence-corrected chi connectivity index (χ4v) is 1.85. The lowest BCUT2D eigenvalue weighted by molar-refractivity contribution is 0.0586. The second-order valence-electron chi connectivity index (χ2n) is 4.12. The summed E-state index contributed by atoms with van der Waals surface area (Å²) in [5.74, 6) is -0.556. The van der Waals surface area contributed by atoms with Crippen molar-refractivity contribution in [2.24, 2.45) is 5.73 Å². The Kier molecular flexibility index (Phi) is 3.86. The Morgan fingerprint density at radius 3 is 2.68 bits per heavy atom. The third kappa shape index (κ3) is 2.76. The molecule has 0 radical (unpaired) electrons. The second-order valence-corrected chi connectivity index (χ2v) is 4.12. The zero-order valence-corrected chi connectivity index (χ0v) is 10.7. The lowest BCUT2D eigenvalue weighted by Gasteiger charge is -2.20. The van der Waals surface area contributed by atoms with Crippen LogP contribution in [0.3, 0.4) is 0 Å². The van der Waals surface area contributed by atoms with Gasteiger partial charge in [-0.25, -0.2) is 14.5 Å². The predicted molar refractivity (Wildman–Crippen MR) is 67.4 cm³/mol. The van der Waals surface area contributed by atoms with E-state index in [-0.39, 0.29) is 17.9 Å². The van der Waals surface area contributed by atoms with Crippen LogP contribution in [0.1, 0.15) is 29.1 Å². The highest BCUT2D eigenvalue weighted by Crippen LogP contribution is 2.19. The lowest BCUT2D eigenvalue weighted by atomic mass is 10.0. The normalized spacial score (nSPS) is 13.8. The van der Waals surface area contributed by atoms with Gasteiger partial charge in [0.25, 0.3) is 5.82 Å². The van der Waals surface area contributed by atoms with E-state index in [1.807, 2.05) is 19.1 Å². The van der Waals surface area contributed by atoms with Crippen LogP contribution in [0.25, 0.3) is 0 Å². The molecule has 0 spiro atoms. The maximum Gasteiger partial charge on any atom is 0.377 e. The smallest absolute Gasteiger partial charge is 0.377 e. The van der Waals surface area contributed by atoms with Gasteiger partial charge in [0.1, 0.15) is 6.33 Å². The first-order valence-electron chi connectivity index (χ1n) is 5.78. The number of ether oxygens (including phenoxy) is 1. The number of carbonyl (C=O) groups excluding carboxylic acids is 1. The average Bonchev–Trinajstić information content (AvgIpc) is 2.88. The highest BCUT2D eigenvalue weighted by atomic mass is 16.5. The summed E-state index contributed by atoms with van der Waals surface area (Å²) in [5.41, 5.74) is 6.94. The molecule has 2 rings (SSSR count). The summed E-state index contributed by atoms with van der Waals surface area (Å²) < 4.78 is 6.14. The molecule has 0 amide bonds. The maximum absolute atomic E-state index is 11.4. The fraction of sp³-hybridized carbons (Fsp3) is 0.333. The van der Waals surface area contributed by atoms with Crippen molar-refractivity contribution in [2.45, 2.75) is 19.0 Å². The number of hydrogen-bond acceptors (Lipinski definition) is 6. The van der Waals surface area contributed by atoms with Crippen LogP contribution in [-0.4, -0.2) is 38.9 Å². The number of pyridine rings is 1. The molecule has 0 bridgehead atoms. The summed E-state index contributed by atoms with van der Waals surface area (Å²) in [7, 11) is 1.29. The van der Waals surface area contributed by atoms with E-state index in [0.717, 1.165) is 5.56 Å². The van der Waals surface area contributed by atoms with Crippen LogP contribution in [0.2, 0.25) is 0 Å². The zero-order chi connectivity index (χ0) is 13.8. The van der Waals surface area contributed by atoms with Crippen molar-refractivity contribution in [3.8, 4) is 0 Å². The molecule has 7 heteroatoms. The van der Waals surface area contributed by atoms with Crippen molar-refractivity contribution < 1.29 is 9.53 Å². The van der Waals surface area contributed by atoms with Gasteiger partial charge >= 0.3 is 5.97 Å². The van der Waals surface area contributed by atoms with Gasteiger partial charge in [0, 0.05) is 18.4 Å². The van der Waals surface area contributed by atoms with E-state index in [4.69, 9.17) is 5.73 Å². The molecule has 100 valence electrons. The first kappa shape index (κ1) is 13.2. The Labute approximate surface area is 110 Å². The molecule has 0 saturated heterocycles. The Morgan fingerprint density at radius 1 is 1.42 bits per heavy atom. The van der Waals surface area contributed by atoms with Crippen LogP contribution in [0.4, 0.5) is 0 Å². The quantitative estimate of drug-likeness (QED) is 0.800. The molecular weight excluding hydrogens is 246 g/mol. The predicted octanol–water partition coefficient (Wildman–Crippen LogP) is 0.396. The molecule has 7 nitrogen and oxygen atoms in total. The first-order chi connectivity index (χ1) is 9.13. The molecule has 2 unspecified atom stereocenters. The monoisotopic (exact) mass is 261 g/mol. The Balaban J connectivity index is 2.35. The molecule has 2 aromatic rings. The minimum Gasteiger partial charge on any atom is -0.463 e. The zero-order valence-electron chi connectivity index (χ0n) is 10.7. The number of aromatic nitrogens is 4. The molecular formula is C12H15N5O2. The highest BCUT2D eigenvalue weighted by Gasteiger charge is 2.21. The van der Waals surface area contributed by atoms with Gasteiger partial charge in [-0.15, -0.1) is 5.10 Å². The van der Waals surface area contributed by atoms with Crippen molar-refractivity contribution >= 4 is 5.97 Å². The average molecular weight is 261 g/mol. The number of methoxy groups -OCH3 is 1. The third-order valence-electron chi connectivity index (χ3n) is 2.71. The van der Waals surface area contributed by atoms with Crippen LogP contribution in [0.15, 0.2) is 30.9 Å². The molecule has 19 heavy (non-hydrogen) atoms. The Morgan fingerprint density at radius 2 is 2.11 bits per heavy atom. The standard InChI is InChI=1S/C12H15N5O2/c1-8(13)10(9-3-5-14-6-4-9)17-7-15-11(16-17)12(18)19-2/h3-8,10H,13H2,1-2H3. The van der Waals surface area contributed by atoms with Crippen LogP contribution in [-0.2, 0) is 4.74 Å². The molecule has 2 heterocycles. The van der Waals surface area contributed by atoms with E-state index in [2.05, 4.69) is 19.8 Å². The molecule has 0 aromatic carbocycles. The molecule has 2 atom stereocenters. The Hall–Kier alpha value is -2.28. The SMILES string of the molecule is COC(=O)c1ncn(C(c2ccncc2)C(C)N)n1. The van der Waals surface area contributed by atoms with E-state index in [0.29, 0.717) is 0 Å². The Bertz CT molecular complexity index is 552. The highest BCUT2D eigenvalue weighted by molar-refractivity contribution is 5.84. The topological polar surface area (TPSA) is 95.9 Å². The number of nitrogens with zero attached hydrogens (tertiary/aromatic N) is 4. The molecule has 0 saturated carbocycles. The van der Waals surface area contributed by atoms with Gasteiger partial charge < -0.3 is 10.5 Å². The van der Waals surface area contributed by atoms with Crippen LogP contribution in [0, 0.1) is 0 Å². The maximum atomic E-state index is 11.4. The number of esters is 1. The number of carbonyl (C=O) groups is 1. The molecule has 0 aliphatic heterocycles. The van der Waals surface area contributed by atoms with Crippen LogP contribution in [0.5, 0.6) is 0 Å². The van der Waals surface area contributed by atoms with Crippen molar-refractivity contribution in [1.29, 1.82) is 0 Å². The molecule has 0 fully saturated rings. The van der Waals surface area contributed by atoms with Gasteiger partial charge in [-0.3, -0.25) is 4.98 Å². The van der Waals surface area contributed by atoms with Gasteiger partial charge in [-0.05, 0) is 24.6 Å². The van der Waals surface area contributed by atoms with E-state index in [9.17, 15) is 4.79 Å². The van der Waals surface area contributed by atoms with E-state index in [1.165, 1.54) is 13.4 Å². The minimum absolute atomic E-state index is 0.0159. The lowest BCUT2D eigenvalue weighted by Crippen LogP contribution is -2.30. The summed E-state index contributed by atoms with van der Waals surface area (Å²) in [6.45, 7) is 1.87. The molecule has 2 aromatic heterocycles. The van der Waals surface area contributed by atoms with E-state index < -0.39 is 5.97 Å². The van der Waals surface area contributed by atoms with Crippen molar-refractivity contribution in [3.05, 3.63) is 42.2 Å².